The Bertz CT molecular complexity index is 662. The number of carbonyl (C=O) groups is 1. The molecule has 0 unspecified atom stereocenters. The molecule has 0 saturated carbocycles. The van der Waals surface area contributed by atoms with Crippen LogP contribution in [0.5, 0.6) is 0 Å². The van der Waals surface area contributed by atoms with Crippen LogP contribution in [0.15, 0.2) is 46.0 Å². The molecule has 1 aromatic carbocycles. The van der Waals surface area contributed by atoms with E-state index in [-0.39, 0.29) is 10.1 Å². The molecular formula is C12H12N2O3S2. The second-order valence-corrected chi connectivity index (χ2v) is 6.65. The van der Waals surface area contributed by atoms with Crippen molar-refractivity contribution >= 4 is 38.6 Å². The van der Waals surface area contributed by atoms with Gasteiger partial charge in [0.1, 0.15) is 4.21 Å². The number of hydrogen-bond acceptors (Lipinski definition) is 4. The summed E-state index contributed by atoms with van der Waals surface area (Å²) in [5.74, 6) is -0.174. The zero-order valence-corrected chi connectivity index (χ0v) is 11.7. The number of nitrogens with one attached hydrogen (secondary N) is 2. The standard InChI is InChI=1S/C12H12N2O3S2/c1-9(15)13-10-4-6-11(7-5-10)14-19(16,17)12-3-2-8-18-12/h2-8,14H,1H3,(H,13,15). The van der Waals surface area contributed by atoms with Crippen molar-refractivity contribution in [2.24, 2.45) is 0 Å². The summed E-state index contributed by atoms with van der Waals surface area (Å²) in [5.41, 5.74) is 1.06. The van der Waals surface area contributed by atoms with E-state index in [4.69, 9.17) is 0 Å². The van der Waals surface area contributed by atoms with Crippen LogP contribution in [0.2, 0.25) is 0 Å². The highest BCUT2D eigenvalue weighted by molar-refractivity contribution is 7.94. The van der Waals surface area contributed by atoms with Crippen LogP contribution < -0.4 is 10.0 Å². The van der Waals surface area contributed by atoms with E-state index >= 15 is 0 Å². The Morgan fingerprint density at radius 1 is 1.11 bits per heavy atom. The topological polar surface area (TPSA) is 75.3 Å². The quantitative estimate of drug-likeness (QED) is 0.910. The third-order valence-electron chi connectivity index (χ3n) is 2.22. The Morgan fingerprint density at radius 2 is 1.74 bits per heavy atom. The summed E-state index contributed by atoms with van der Waals surface area (Å²) >= 11 is 1.15. The molecule has 0 fully saturated rings. The first kappa shape index (κ1) is 13.6. The molecule has 5 nitrogen and oxygen atoms in total. The second kappa shape index (κ2) is 5.41. The Kier molecular flexibility index (Phi) is 3.87. The largest absolute Gasteiger partial charge is 0.326 e. The lowest BCUT2D eigenvalue weighted by Gasteiger charge is -2.07. The lowest BCUT2D eigenvalue weighted by molar-refractivity contribution is -0.114. The van der Waals surface area contributed by atoms with Gasteiger partial charge in [-0.1, -0.05) is 6.07 Å². The molecule has 0 aliphatic carbocycles. The summed E-state index contributed by atoms with van der Waals surface area (Å²) in [7, 11) is -3.52. The van der Waals surface area contributed by atoms with Gasteiger partial charge in [-0.2, -0.15) is 0 Å². The monoisotopic (exact) mass is 296 g/mol. The summed E-state index contributed by atoms with van der Waals surface area (Å²) < 4.78 is 26.6. The van der Waals surface area contributed by atoms with E-state index in [1.54, 1.807) is 41.8 Å². The zero-order valence-electron chi connectivity index (χ0n) is 10.1. The molecule has 2 rings (SSSR count). The number of sulfonamides is 1. The second-order valence-electron chi connectivity index (χ2n) is 3.80. The van der Waals surface area contributed by atoms with Crippen LogP contribution in [0.1, 0.15) is 6.92 Å². The number of thiophene rings is 1. The van der Waals surface area contributed by atoms with E-state index in [1.807, 2.05) is 0 Å². The van der Waals surface area contributed by atoms with Gasteiger partial charge in [0.05, 0.1) is 0 Å². The van der Waals surface area contributed by atoms with Gasteiger partial charge in [0, 0.05) is 18.3 Å². The van der Waals surface area contributed by atoms with Crippen molar-refractivity contribution in [1.29, 1.82) is 0 Å². The van der Waals surface area contributed by atoms with E-state index < -0.39 is 10.0 Å². The minimum Gasteiger partial charge on any atom is -0.326 e. The predicted octanol–water partition coefficient (Wildman–Crippen LogP) is 2.51. The fourth-order valence-corrected chi connectivity index (χ4v) is 3.50. The fourth-order valence-electron chi connectivity index (χ4n) is 1.45. The predicted molar refractivity (Wildman–Crippen MR) is 75.9 cm³/mol. The van der Waals surface area contributed by atoms with Crippen LogP contribution in [-0.2, 0) is 14.8 Å². The molecule has 100 valence electrons. The molecule has 0 aliphatic heterocycles. The summed E-state index contributed by atoms with van der Waals surface area (Å²) in [6.07, 6.45) is 0. The van der Waals surface area contributed by atoms with Crippen molar-refractivity contribution in [2.45, 2.75) is 11.1 Å². The lowest BCUT2D eigenvalue weighted by Crippen LogP contribution is -2.11. The minimum atomic E-state index is -3.52. The van der Waals surface area contributed by atoms with Crippen molar-refractivity contribution < 1.29 is 13.2 Å². The number of rotatable bonds is 4. The van der Waals surface area contributed by atoms with Gasteiger partial charge in [-0.3, -0.25) is 9.52 Å². The molecule has 0 radical (unpaired) electrons. The SMILES string of the molecule is CC(=O)Nc1ccc(NS(=O)(=O)c2cccs2)cc1. The van der Waals surface area contributed by atoms with Crippen LogP contribution in [0.4, 0.5) is 11.4 Å². The van der Waals surface area contributed by atoms with Crippen molar-refractivity contribution in [1.82, 2.24) is 0 Å². The Labute approximate surface area is 115 Å². The van der Waals surface area contributed by atoms with Gasteiger partial charge in [0.15, 0.2) is 0 Å². The van der Waals surface area contributed by atoms with E-state index in [9.17, 15) is 13.2 Å². The average Bonchev–Trinajstić information content (AvgIpc) is 2.85. The smallest absolute Gasteiger partial charge is 0.271 e. The maximum absolute atomic E-state index is 12.0. The molecule has 7 heteroatoms. The number of hydrogen-bond donors (Lipinski definition) is 2. The van der Waals surface area contributed by atoms with Crippen LogP contribution in [0.25, 0.3) is 0 Å². The highest BCUT2D eigenvalue weighted by Gasteiger charge is 2.14. The van der Waals surface area contributed by atoms with Crippen molar-refractivity contribution in [3.05, 3.63) is 41.8 Å². The highest BCUT2D eigenvalue weighted by atomic mass is 32.2. The van der Waals surface area contributed by atoms with E-state index in [2.05, 4.69) is 10.0 Å². The van der Waals surface area contributed by atoms with Gasteiger partial charge in [-0.05, 0) is 35.7 Å². The molecule has 0 atom stereocenters. The van der Waals surface area contributed by atoms with Crippen LogP contribution in [-0.4, -0.2) is 14.3 Å². The van der Waals surface area contributed by atoms with Gasteiger partial charge < -0.3 is 5.32 Å². The first-order valence-electron chi connectivity index (χ1n) is 5.41. The summed E-state index contributed by atoms with van der Waals surface area (Å²) in [5, 5.41) is 4.31. The molecule has 0 aliphatic rings. The van der Waals surface area contributed by atoms with E-state index in [0.29, 0.717) is 11.4 Å². The van der Waals surface area contributed by atoms with Crippen molar-refractivity contribution in [3.63, 3.8) is 0 Å². The first-order chi connectivity index (χ1) is 8.97. The van der Waals surface area contributed by atoms with Crippen LogP contribution >= 0.6 is 11.3 Å². The molecule has 2 aromatic rings. The summed E-state index contributed by atoms with van der Waals surface area (Å²) in [4.78, 5) is 10.9. The number of benzene rings is 1. The fraction of sp³-hybridized carbons (Fsp3) is 0.0833. The summed E-state index contributed by atoms with van der Waals surface area (Å²) in [6.45, 7) is 1.41. The highest BCUT2D eigenvalue weighted by Crippen LogP contribution is 2.21. The normalized spacial score (nSPS) is 11.0. The average molecular weight is 296 g/mol. The van der Waals surface area contributed by atoms with E-state index in [1.165, 1.54) is 6.92 Å². The molecule has 1 heterocycles. The first-order valence-corrected chi connectivity index (χ1v) is 7.78. The third kappa shape index (κ3) is 3.55. The maximum atomic E-state index is 12.0. The van der Waals surface area contributed by atoms with Crippen LogP contribution in [0, 0.1) is 0 Å². The molecule has 19 heavy (non-hydrogen) atoms. The van der Waals surface area contributed by atoms with Crippen molar-refractivity contribution in [3.8, 4) is 0 Å². The van der Waals surface area contributed by atoms with Gasteiger partial charge in [-0.25, -0.2) is 8.42 Å². The zero-order chi connectivity index (χ0) is 13.9. The van der Waals surface area contributed by atoms with E-state index in [0.717, 1.165) is 11.3 Å². The maximum Gasteiger partial charge on any atom is 0.271 e. The third-order valence-corrected chi connectivity index (χ3v) is 5.00. The molecule has 1 aromatic heterocycles. The Balaban J connectivity index is 2.14. The van der Waals surface area contributed by atoms with Gasteiger partial charge in [0.25, 0.3) is 10.0 Å². The number of carbonyl (C=O) groups excluding carboxylic acids is 1. The molecule has 1 amide bonds. The molecular weight excluding hydrogens is 284 g/mol. The van der Waals surface area contributed by atoms with Gasteiger partial charge >= 0.3 is 0 Å². The molecule has 2 N–H and O–H groups in total. The van der Waals surface area contributed by atoms with Gasteiger partial charge in [0.2, 0.25) is 5.91 Å². The van der Waals surface area contributed by atoms with Gasteiger partial charge in [-0.15, -0.1) is 11.3 Å². The number of amides is 1. The Morgan fingerprint density at radius 3 is 2.26 bits per heavy atom. The van der Waals surface area contributed by atoms with Crippen LogP contribution in [0.3, 0.4) is 0 Å². The lowest BCUT2D eigenvalue weighted by atomic mass is 10.3. The Hall–Kier alpha value is -1.86. The van der Waals surface area contributed by atoms with Crippen molar-refractivity contribution in [2.75, 3.05) is 10.0 Å². The molecule has 0 spiro atoms. The number of anilines is 2. The molecule has 0 bridgehead atoms. The molecule has 0 saturated heterocycles. The summed E-state index contributed by atoms with van der Waals surface area (Å²) in [6, 6.07) is 9.67. The minimum absolute atomic E-state index is 0.174.